The van der Waals surface area contributed by atoms with Crippen LogP contribution in [0, 0.1) is 5.82 Å². The van der Waals surface area contributed by atoms with E-state index in [2.05, 4.69) is 10.5 Å². The largest absolute Gasteiger partial charge is 0.458 e. The molecule has 3 aromatic rings. The zero-order chi connectivity index (χ0) is 18.4. The molecule has 1 heterocycles. The number of rotatable bonds is 6. The average molecular weight is 354 g/mol. The van der Waals surface area contributed by atoms with E-state index in [1.165, 1.54) is 18.2 Å². The molecule has 0 saturated heterocycles. The minimum absolute atomic E-state index is 0.0784. The van der Waals surface area contributed by atoms with Gasteiger partial charge in [-0.15, -0.1) is 0 Å². The fraction of sp³-hybridized carbons (Fsp3) is 0.105. The van der Waals surface area contributed by atoms with Gasteiger partial charge in [0.2, 0.25) is 0 Å². The number of aromatic nitrogens is 1. The minimum atomic E-state index is -0.640. The van der Waals surface area contributed by atoms with Gasteiger partial charge in [-0.2, -0.15) is 0 Å². The fourth-order valence-electron chi connectivity index (χ4n) is 2.21. The zero-order valence-electron chi connectivity index (χ0n) is 13.6. The summed E-state index contributed by atoms with van der Waals surface area (Å²) in [5.41, 5.74) is 1.44. The summed E-state index contributed by atoms with van der Waals surface area (Å²) in [5.74, 6) is -1.16. The first-order chi connectivity index (χ1) is 12.6. The number of ether oxygens (including phenoxy) is 1. The topological polar surface area (TPSA) is 81.4 Å². The smallest absolute Gasteiger partial charge is 0.325 e. The summed E-state index contributed by atoms with van der Waals surface area (Å²) in [6.45, 7) is -0.413. The third-order valence-corrected chi connectivity index (χ3v) is 3.48. The van der Waals surface area contributed by atoms with E-state index in [9.17, 15) is 14.0 Å². The zero-order valence-corrected chi connectivity index (χ0v) is 13.6. The highest BCUT2D eigenvalue weighted by atomic mass is 19.1. The number of esters is 1. The van der Waals surface area contributed by atoms with Gasteiger partial charge in [-0.3, -0.25) is 9.59 Å². The molecule has 0 aliphatic rings. The Morgan fingerprint density at radius 1 is 1.08 bits per heavy atom. The van der Waals surface area contributed by atoms with Gasteiger partial charge >= 0.3 is 5.97 Å². The van der Waals surface area contributed by atoms with Crippen molar-refractivity contribution in [2.75, 3.05) is 6.54 Å². The molecule has 132 valence electrons. The Balaban J connectivity index is 1.47. The van der Waals surface area contributed by atoms with Gasteiger partial charge in [-0.05, 0) is 18.2 Å². The van der Waals surface area contributed by atoms with Crippen molar-refractivity contribution >= 4 is 11.9 Å². The standard InChI is InChI=1S/C19H15FN2O4/c20-15-8-4-7-14(9-15)19(24)21-11-18(23)25-12-16-10-17(26-22-16)13-5-2-1-3-6-13/h1-10H,11-12H2,(H,21,24). The van der Waals surface area contributed by atoms with Gasteiger partial charge in [0.05, 0.1) is 0 Å². The summed E-state index contributed by atoms with van der Waals surface area (Å²) in [4.78, 5) is 23.5. The van der Waals surface area contributed by atoms with E-state index in [0.717, 1.165) is 11.6 Å². The van der Waals surface area contributed by atoms with Crippen molar-refractivity contribution in [2.24, 2.45) is 0 Å². The molecule has 1 aromatic heterocycles. The van der Waals surface area contributed by atoms with Gasteiger partial charge in [0.25, 0.3) is 5.91 Å². The third-order valence-electron chi connectivity index (χ3n) is 3.48. The van der Waals surface area contributed by atoms with Crippen LogP contribution in [0.5, 0.6) is 0 Å². The van der Waals surface area contributed by atoms with E-state index in [4.69, 9.17) is 9.26 Å². The van der Waals surface area contributed by atoms with Crippen molar-refractivity contribution in [3.63, 3.8) is 0 Å². The molecule has 1 N–H and O–H groups in total. The molecule has 0 radical (unpaired) electrons. The van der Waals surface area contributed by atoms with Gasteiger partial charge in [0.1, 0.15) is 24.7 Å². The summed E-state index contributed by atoms with van der Waals surface area (Å²) in [7, 11) is 0. The second-order valence-corrected chi connectivity index (χ2v) is 5.40. The molecular weight excluding hydrogens is 339 g/mol. The van der Waals surface area contributed by atoms with E-state index < -0.39 is 17.7 Å². The predicted molar refractivity (Wildman–Crippen MR) is 90.5 cm³/mol. The first kappa shape index (κ1) is 17.3. The van der Waals surface area contributed by atoms with Crippen LogP contribution < -0.4 is 5.32 Å². The van der Waals surface area contributed by atoms with Crippen molar-refractivity contribution in [3.8, 4) is 11.3 Å². The minimum Gasteiger partial charge on any atom is -0.458 e. The van der Waals surface area contributed by atoms with Crippen LogP contribution in [0.15, 0.2) is 65.2 Å². The summed E-state index contributed by atoms with van der Waals surface area (Å²) >= 11 is 0. The predicted octanol–water partition coefficient (Wildman–Crippen LogP) is 2.95. The van der Waals surface area contributed by atoms with Gasteiger partial charge in [-0.1, -0.05) is 41.6 Å². The third kappa shape index (κ3) is 4.54. The molecular formula is C19H15FN2O4. The van der Waals surface area contributed by atoms with Crippen LogP contribution in [0.1, 0.15) is 16.1 Å². The number of carbonyl (C=O) groups is 2. The Bertz CT molecular complexity index is 909. The quantitative estimate of drug-likeness (QED) is 0.688. The number of nitrogens with zero attached hydrogens (tertiary/aromatic N) is 1. The molecule has 0 fully saturated rings. The molecule has 0 bridgehead atoms. The summed E-state index contributed by atoms with van der Waals surface area (Å²) < 4.78 is 23.3. The lowest BCUT2D eigenvalue weighted by Crippen LogP contribution is -2.30. The maximum absolute atomic E-state index is 13.1. The highest BCUT2D eigenvalue weighted by Gasteiger charge is 2.12. The number of benzene rings is 2. The molecule has 0 spiro atoms. The molecule has 2 aromatic carbocycles. The summed E-state index contributed by atoms with van der Waals surface area (Å²) in [6, 6.07) is 16.2. The second-order valence-electron chi connectivity index (χ2n) is 5.40. The number of nitrogens with one attached hydrogen (secondary N) is 1. The van der Waals surface area contributed by atoms with Crippen molar-refractivity contribution in [1.29, 1.82) is 0 Å². The lowest BCUT2D eigenvalue weighted by atomic mass is 10.2. The fourth-order valence-corrected chi connectivity index (χ4v) is 2.21. The molecule has 3 rings (SSSR count). The Morgan fingerprint density at radius 3 is 2.65 bits per heavy atom. The molecule has 0 saturated carbocycles. The normalized spacial score (nSPS) is 10.3. The lowest BCUT2D eigenvalue weighted by molar-refractivity contribution is -0.143. The summed E-state index contributed by atoms with van der Waals surface area (Å²) in [5, 5.41) is 6.21. The van der Waals surface area contributed by atoms with Crippen molar-refractivity contribution in [1.82, 2.24) is 10.5 Å². The van der Waals surface area contributed by atoms with Crippen molar-refractivity contribution in [3.05, 3.63) is 77.7 Å². The number of halogens is 1. The van der Waals surface area contributed by atoms with E-state index in [1.54, 1.807) is 6.07 Å². The SMILES string of the molecule is O=C(CNC(=O)c1cccc(F)c1)OCc1cc(-c2ccccc2)on1. The van der Waals surface area contributed by atoms with Gasteiger partial charge < -0.3 is 14.6 Å². The second kappa shape index (κ2) is 8.06. The maximum Gasteiger partial charge on any atom is 0.325 e. The van der Waals surface area contributed by atoms with Crippen LogP contribution in [0.25, 0.3) is 11.3 Å². The maximum atomic E-state index is 13.1. The van der Waals surface area contributed by atoms with E-state index >= 15 is 0 Å². The van der Waals surface area contributed by atoms with Crippen molar-refractivity contribution in [2.45, 2.75) is 6.61 Å². The summed E-state index contributed by atoms with van der Waals surface area (Å²) in [6.07, 6.45) is 0. The number of hydrogen-bond donors (Lipinski definition) is 1. The molecule has 26 heavy (non-hydrogen) atoms. The monoisotopic (exact) mass is 354 g/mol. The first-order valence-electron chi connectivity index (χ1n) is 7.82. The Hall–Kier alpha value is -3.48. The van der Waals surface area contributed by atoms with Gasteiger partial charge in [0.15, 0.2) is 5.76 Å². The van der Waals surface area contributed by atoms with Crippen LogP contribution >= 0.6 is 0 Å². The average Bonchev–Trinajstić information content (AvgIpc) is 3.14. The molecule has 0 atom stereocenters. The Kier molecular flexibility index (Phi) is 5.38. The van der Waals surface area contributed by atoms with Gasteiger partial charge in [-0.25, -0.2) is 4.39 Å². The van der Waals surface area contributed by atoms with E-state index in [1.807, 2.05) is 30.3 Å². The van der Waals surface area contributed by atoms with Crippen molar-refractivity contribution < 1.29 is 23.2 Å². The van der Waals surface area contributed by atoms with Crippen LogP contribution in [-0.4, -0.2) is 23.6 Å². The first-order valence-corrected chi connectivity index (χ1v) is 7.82. The lowest BCUT2D eigenvalue weighted by Gasteiger charge is -2.05. The van der Waals surface area contributed by atoms with Crippen LogP contribution in [0.4, 0.5) is 4.39 Å². The molecule has 0 unspecified atom stereocenters. The molecule has 0 aliphatic carbocycles. The van der Waals surface area contributed by atoms with E-state index in [-0.39, 0.29) is 18.7 Å². The van der Waals surface area contributed by atoms with Crippen LogP contribution in [0.3, 0.4) is 0 Å². The highest BCUT2D eigenvalue weighted by Crippen LogP contribution is 2.19. The number of carbonyl (C=O) groups excluding carboxylic acids is 2. The Labute approximate surface area is 148 Å². The van der Waals surface area contributed by atoms with Crippen LogP contribution in [0.2, 0.25) is 0 Å². The molecule has 6 nitrogen and oxygen atoms in total. The molecule has 7 heteroatoms. The Morgan fingerprint density at radius 2 is 1.88 bits per heavy atom. The number of amides is 1. The highest BCUT2D eigenvalue weighted by molar-refractivity contribution is 5.95. The van der Waals surface area contributed by atoms with E-state index in [0.29, 0.717) is 11.5 Å². The van der Waals surface area contributed by atoms with Gasteiger partial charge in [0, 0.05) is 17.2 Å². The molecule has 1 amide bonds. The number of hydrogen-bond acceptors (Lipinski definition) is 5. The molecule has 0 aliphatic heterocycles. The van der Waals surface area contributed by atoms with Crippen LogP contribution in [-0.2, 0) is 16.1 Å².